The minimum atomic E-state index is 0. The van der Waals surface area contributed by atoms with Gasteiger partial charge in [-0.05, 0) is 62.2 Å². The summed E-state index contributed by atoms with van der Waals surface area (Å²) in [6, 6.07) is 13.7. The van der Waals surface area contributed by atoms with E-state index in [1.54, 1.807) is 24.8 Å². The Bertz CT molecular complexity index is 492. The van der Waals surface area contributed by atoms with E-state index in [9.17, 15) is 0 Å². The van der Waals surface area contributed by atoms with Gasteiger partial charge in [-0.2, -0.15) is 0 Å². The molecule has 0 unspecified atom stereocenters. The highest BCUT2D eigenvalue weighted by Crippen LogP contribution is 1.89. The Morgan fingerprint density at radius 3 is 1.64 bits per heavy atom. The van der Waals surface area contributed by atoms with Gasteiger partial charge in [-0.15, -0.1) is 0 Å². The highest BCUT2D eigenvalue weighted by atomic mass is 14.6. The lowest BCUT2D eigenvalue weighted by Crippen LogP contribution is -1.72. The predicted molar refractivity (Wildman–Crippen MR) is 93.7 cm³/mol. The van der Waals surface area contributed by atoms with Gasteiger partial charge < -0.3 is 0 Å². The average molecular weight is 295 g/mol. The second-order valence-electron chi connectivity index (χ2n) is 4.53. The Hall–Kier alpha value is -2.55. The van der Waals surface area contributed by atoms with Crippen LogP contribution in [0.15, 0.2) is 73.4 Å². The molecule has 0 saturated heterocycles. The Labute approximate surface area is 134 Å². The second-order valence-corrected chi connectivity index (χ2v) is 4.53. The number of hydrogen-bond acceptors (Lipinski definition) is 3. The highest BCUT2D eigenvalue weighted by molar-refractivity contribution is 5.06. The van der Waals surface area contributed by atoms with Crippen molar-refractivity contribution < 1.29 is 0 Å². The van der Waals surface area contributed by atoms with Crippen LogP contribution in [-0.4, -0.2) is 15.0 Å². The first-order valence-corrected chi connectivity index (χ1v) is 6.79. The molecule has 0 aliphatic rings. The van der Waals surface area contributed by atoms with Gasteiger partial charge in [0.15, 0.2) is 0 Å². The molecule has 22 heavy (non-hydrogen) atoms. The lowest BCUT2D eigenvalue weighted by atomic mass is 10.3. The van der Waals surface area contributed by atoms with E-state index < -0.39 is 0 Å². The maximum atomic E-state index is 3.98. The van der Waals surface area contributed by atoms with Gasteiger partial charge in [0.1, 0.15) is 0 Å². The third-order valence-corrected chi connectivity index (χ3v) is 2.47. The third-order valence-electron chi connectivity index (χ3n) is 2.47. The summed E-state index contributed by atoms with van der Waals surface area (Å²) in [5.41, 5.74) is 3.54. The number of hydrogen-bond donors (Lipinski definition) is 0. The van der Waals surface area contributed by atoms with Gasteiger partial charge >= 0.3 is 0 Å². The van der Waals surface area contributed by atoms with Crippen LogP contribution in [0.4, 0.5) is 0 Å². The first-order valence-electron chi connectivity index (χ1n) is 6.79. The largest absolute Gasteiger partial charge is 0.265 e. The molecular formula is C19H25N3. The van der Waals surface area contributed by atoms with Gasteiger partial charge in [-0.3, -0.25) is 15.0 Å². The van der Waals surface area contributed by atoms with Crippen LogP contribution >= 0.6 is 0 Å². The third kappa shape index (κ3) is 10.3. The molecule has 3 heteroatoms. The Morgan fingerprint density at radius 2 is 1.36 bits per heavy atom. The van der Waals surface area contributed by atoms with Crippen LogP contribution in [0.5, 0.6) is 0 Å². The molecule has 0 radical (unpaired) electrons. The molecule has 0 saturated carbocycles. The molecule has 3 aromatic rings. The van der Waals surface area contributed by atoms with Crippen molar-refractivity contribution in [2.75, 3.05) is 0 Å². The molecule has 0 atom stereocenters. The van der Waals surface area contributed by atoms with Crippen LogP contribution in [0.25, 0.3) is 0 Å². The van der Waals surface area contributed by atoms with Crippen LogP contribution in [0.2, 0.25) is 0 Å². The summed E-state index contributed by atoms with van der Waals surface area (Å²) in [5, 5.41) is 0. The molecular weight excluding hydrogens is 270 g/mol. The molecule has 0 spiro atoms. The summed E-state index contributed by atoms with van der Waals surface area (Å²) in [6.45, 7) is 6.04. The van der Waals surface area contributed by atoms with E-state index in [-0.39, 0.29) is 7.43 Å². The number of aromatic nitrogens is 3. The fourth-order valence-corrected chi connectivity index (χ4v) is 1.32. The fourth-order valence-electron chi connectivity index (χ4n) is 1.32. The van der Waals surface area contributed by atoms with Crippen molar-refractivity contribution >= 4 is 0 Å². The monoisotopic (exact) mass is 295 g/mol. The molecule has 3 heterocycles. The van der Waals surface area contributed by atoms with Gasteiger partial charge in [0, 0.05) is 36.7 Å². The van der Waals surface area contributed by atoms with Crippen LogP contribution in [-0.2, 0) is 0 Å². The molecule has 0 aromatic carbocycles. The number of aryl methyl sites for hydroxylation is 3. The predicted octanol–water partition coefficient (Wildman–Crippen LogP) is 4.81. The summed E-state index contributed by atoms with van der Waals surface area (Å²) >= 11 is 0. The van der Waals surface area contributed by atoms with Crippen molar-refractivity contribution in [2.45, 2.75) is 28.2 Å². The highest BCUT2D eigenvalue weighted by Gasteiger charge is 1.74. The summed E-state index contributed by atoms with van der Waals surface area (Å²) < 4.78 is 0. The zero-order valence-electron chi connectivity index (χ0n) is 12.8. The Morgan fingerprint density at radius 1 is 0.636 bits per heavy atom. The standard InChI is InChI=1S/3C6H7N.CH4/c1-6-2-4-7-5-3-6;1-6-3-2-4-7-5-6;1-6-4-2-3-5-7-6;/h3*2-5H,1H3;1H4. The Kier molecular flexibility index (Phi) is 10.8. The van der Waals surface area contributed by atoms with Crippen molar-refractivity contribution in [3.8, 4) is 0 Å². The molecule has 3 rings (SSSR count). The molecule has 0 amide bonds. The van der Waals surface area contributed by atoms with E-state index >= 15 is 0 Å². The SMILES string of the molecule is C.Cc1ccccn1.Cc1cccnc1.Cc1ccncc1. The van der Waals surface area contributed by atoms with Crippen molar-refractivity contribution in [1.82, 2.24) is 15.0 Å². The average Bonchev–Trinajstić information content (AvgIpc) is 2.51. The fraction of sp³-hybridized carbons (Fsp3) is 0.211. The van der Waals surface area contributed by atoms with Gasteiger partial charge in [-0.1, -0.05) is 19.6 Å². The van der Waals surface area contributed by atoms with Crippen LogP contribution < -0.4 is 0 Å². The lowest BCUT2D eigenvalue weighted by Gasteiger charge is -1.82. The van der Waals surface area contributed by atoms with E-state index in [4.69, 9.17) is 0 Å². The summed E-state index contributed by atoms with van der Waals surface area (Å²) in [5.74, 6) is 0. The van der Waals surface area contributed by atoms with Crippen molar-refractivity contribution in [3.63, 3.8) is 0 Å². The van der Waals surface area contributed by atoms with Crippen molar-refractivity contribution in [1.29, 1.82) is 0 Å². The van der Waals surface area contributed by atoms with Crippen LogP contribution in [0.3, 0.4) is 0 Å². The minimum absolute atomic E-state index is 0. The maximum Gasteiger partial charge on any atom is 0.0372 e. The van der Waals surface area contributed by atoms with Crippen molar-refractivity contribution in [3.05, 3.63) is 90.3 Å². The lowest BCUT2D eigenvalue weighted by molar-refractivity contribution is 1.20. The molecule has 0 aliphatic carbocycles. The van der Waals surface area contributed by atoms with E-state index in [0.717, 1.165) is 5.69 Å². The second kappa shape index (κ2) is 12.2. The summed E-state index contributed by atoms with van der Waals surface area (Å²) in [4.78, 5) is 11.7. The van der Waals surface area contributed by atoms with Crippen LogP contribution in [0, 0.1) is 20.8 Å². The smallest absolute Gasteiger partial charge is 0.0372 e. The van der Waals surface area contributed by atoms with Gasteiger partial charge in [0.05, 0.1) is 0 Å². The topological polar surface area (TPSA) is 38.7 Å². The molecule has 0 fully saturated rings. The summed E-state index contributed by atoms with van der Waals surface area (Å²) in [6.07, 6.45) is 8.97. The first kappa shape index (κ1) is 19.4. The van der Waals surface area contributed by atoms with Gasteiger partial charge in [-0.25, -0.2) is 0 Å². The molecule has 3 nitrogen and oxygen atoms in total. The van der Waals surface area contributed by atoms with E-state index in [0.29, 0.717) is 0 Å². The minimum Gasteiger partial charge on any atom is -0.265 e. The summed E-state index contributed by atoms with van der Waals surface area (Å²) in [7, 11) is 0. The molecule has 0 bridgehead atoms. The molecule has 3 aromatic heterocycles. The van der Waals surface area contributed by atoms with E-state index in [1.807, 2.05) is 69.4 Å². The number of rotatable bonds is 0. The molecule has 0 aliphatic heterocycles. The first-order chi connectivity index (χ1) is 10.2. The van der Waals surface area contributed by atoms with Gasteiger partial charge in [0.2, 0.25) is 0 Å². The van der Waals surface area contributed by atoms with Crippen LogP contribution in [0.1, 0.15) is 24.2 Å². The Balaban J connectivity index is 0.000000294. The quantitative estimate of drug-likeness (QED) is 0.597. The van der Waals surface area contributed by atoms with Gasteiger partial charge in [0.25, 0.3) is 0 Å². The van der Waals surface area contributed by atoms with E-state index in [2.05, 4.69) is 15.0 Å². The molecule has 116 valence electrons. The zero-order chi connectivity index (χ0) is 15.3. The number of nitrogens with zero attached hydrogens (tertiary/aromatic N) is 3. The number of pyridine rings is 3. The zero-order valence-corrected chi connectivity index (χ0v) is 12.8. The maximum absolute atomic E-state index is 3.98. The normalized spacial score (nSPS) is 8.32. The van der Waals surface area contributed by atoms with Crippen molar-refractivity contribution in [2.24, 2.45) is 0 Å². The van der Waals surface area contributed by atoms with E-state index in [1.165, 1.54) is 11.1 Å². The molecule has 0 N–H and O–H groups in total.